The van der Waals surface area contributed by atoms with Gasteiger partial charge in [-0.25, -0.2) is 9.78 Å². The molecular formula is C16H20N4O3. The molecule has 7 heteroatoms. The van der Waals surface area contributed by atoms with E-state index in [9.17, 15) is 9.59 Å². The summed E-state index contributed by atoms with van der Waals surface area (Å²) in [6.45, 7) is 5.03. The minimum atomic E-state index is -0.346. The number of likely N-dealkylation sites (tertiary alicyclic amines) is 1. The second-order valence-corrected chi connectivity index (χ2v) is 5.99. The maximum absolute atomic E-state index is 12.6. The van der Waals surface area contributed by atoms with E-state index in [4.69, 9.17) is 4.52 Å². The fourth-order valence-electron chi connectivity index (χ4n) is 3.10. The maximum atomic E-state index is 12.6. The fraction of sp³-hybridized carbons (Fsp3) is 0.500. The van der Waals surface area contributed by atoms with Crippen LogP contribution in [-0.4, -0.2) is 39.0 Å². The summed E-state index contributed by atoms with van der Waals surface area (Å²) < 4.78 is 5.12. The minimum absolute atomic E-state index is 0.0699. The molecule has 122 valence electrons. The number of piperidine rings is 1. The van der Waals surface area contributed by atoms with Gasteiger partial charge in [0.2, 0.25) is 5.91 Å². The number of nitrogens with zero attached hydrogens (tertiary/aromatic N) is 3. The van der Waals surface area contributed by atoms with Gasteiger partial charge in [-0.05, 0) is 32.8 Å². The molecule has 0 aromatic carbocycles. The van der Waals surface area contributed by atoms with E-state index in [0.29, 0.717) is 18.7 Å². The monoisotopic (exact) mass is 316 g/mol. The maximum Gasteiger partial charge on any atom is 0.345 e. The number of aryl methyl sites for hydroxylation is 2. The van der Waals surface area contributed by atoms with Crippen LogP contribution in [0.2, 0.25) is 0 Å². The minimum Gasteiger partial charge on any atom is -0.361 e. The molecule has 2 aromatic heterocycles. The molecule has 23 heavy (non-hydrogen) atoms. The molecule has 0 aliphatic carbocycles. The molecule has 0 spiro atoms. The molecule has 0 radical (unpaired) electrons. The fourth-order valence-corrected chi connectivity index (χ4v) is 3.10. The molecule has 1 amide bonds. The van der Waals surface area contributed by atoms with Crippen LogP contribution in [0.1, 0.15) is 41.5 Å². The predicted octanol–water partition coefficient (Wildman–Crippen LogP) is 1.32. The van der Waals surface area contributed by atoms with Gasteiger partial charge in [-0.2, -0.15) is 0 Å². The number of aromatic amines is 1. The summed E-state index contributed by atoms with van der Waals surface area (Å²) in [6.07, 6.45) is 3.69. The predicted molar refractivity (Wildman–Crippen MR) is 83.1 cm³/mol. The molecule has 1 fully saturated rings. The van der Waals surface area contributed by atoms with Crippen molar-refractivity contribution in [3.05, 3.63) is 45.5 Å². The van der Waals surface area contributed by atoms with Crippen molar-refractivity contribution in [2.45, 2.75) is 39.0 Å². The van der Waals surface area contributed by atoms with Crippen LogP contribution in [0.5, 0.6) is 0 Å². The van der Waals surface area contributed by atoms with E-state index in [1.54, 1.807) is 0 Å². The van der Waals surface area contributed by atoms with Crippen molar-refractivity contribution in [3.8, 4) is 0 Å². The number of H-pyrrole nitrogens is 1. The van der Waals surface area contributed by atoms with E-state index in [1.807, 2.05) is 24.8 Å². The summed E-state index contributed by atoms with van der Waals surface area (Å²) in [4.78, 5) is 32.2. The van der Waals surface area contributed by atoms with Crippen LogP contribution < -0.4 is 5.69 Å². The molecule has 1 N–H and O–H groups in total. The Bertz CT molecular complexity index is 745. The molecule has 7 nitrogen and oxygen atoms in total. The molecule has 0 saturated carbocycles. The molecule has 0 bridgehead atoms. The lowest BCUT2D eigenvalue weighted by molar-refractivity contribution is -0.131. The Labute approximate surface area is 133 Å². The highest BCUT2D eigenvalue weighted by Crippen LogP contribution is 2.25. The summed E-state index contributed by atoms with van der Waals surface area (Å²) in [6, 6.07) is 1.81. The van der Waals surface area contributed by atoms with Gasteiger partial charge < -0.3 is 14.4 Å². The molecule has 3 heterocycles. The van der Waals surface area contributed by atoms with E-state index in [-0.39, 0.29) is 17.5 Å². The standard InChI is InChI=1S/C16H20N4O3/c1-10-13(11(2)23-19-10)8-15(21)20-7-3-4-12(9-20)14-5-6-17-16(22)18-14/h5-6,12H,3-4,7-9H2,1-2H3,(H,17,18,22). The van der Waals surface area contributed by atoms with E-state index in [0.717, 1.165) is 36.3 Å². The lowest BCUT2D eigenvalue weighted by atomic mass is 9.94. The Hall–Kier alpha value is -2.44. The average molecular weight is 316 g/mol. The lowest BCUT2D eigenvalue weighted by Gasteiger charge is -2.32. The number of hydrogen-bond donors (Lipinski definition) is 1. The van der Waals surface area contributed by atoms with Crippen LogP contribution in [-0.2, 0) is 11.2 Å². The van der Waals surface area contributed by atoms with Gasteiger partial charge in [0, 0.05) is 36.5 Å². The number of hydrogen-bond acceptors (Lipinski definition) is 5. The first-order valence-electron chi connectivity index (χ1n) is 7.79. The van der Waals surface area contributed by atoms with Gasteiger partial charge >= 0.3 is 5.69 Å². The highest BCUT2D eigenvalue weighted by molar-refractivity contribution is 5.79. The van der Waals surface area contributed by atoms with E-state index in [1.165, 1.54) is 6.20 Å². The largest absolute Gasteiger partial charge is 0.361 e. The number of aromatic nitrogens is 3. The van der Waals surface area contributed by atoms with Gasteiger partial charge in [-0.15, -0.1) is 0 Å². The topological polar surface area (TPSA) is 92.1 Å². The molecule has 1 aliphatic rings. The first-order chi connectivity index (χ1) is 11.0. The van der Waals surface area contributed by atoms with Crippen LogP contribution in [0, 0.1) is 13.8 Å². The molecular weight excluding hydrogens is 296 g/mol. The Balaban J connectivity index is 1.71. The quantitative estimate of drug-likeness (QED) is 0.922. The molecule has 1 aliphatic heterocycles. The summed E-state index contributed by atoms with van der Waals surface area (Å²) in [5.41, 5.74) is 2.14. The smallest absolute Gasteiger partial charge is 0.345 e. The first-order valence-corrected chi connectivity index (χ1v) is 7.79. The highest BCUT2D eigenvalue weighted by Gasteiger charge is 2.26. The van der Waals surface area contributed by atoms with Crippen molar-refractivity contribution in [2.24, 2.45) is 0 Å². The van der Waals surface area contributed by atoms with Crippen molar-refractivity contribution < 1.29 is 9.32 Å². The van der Waals surface area contributed by atoms with Gasteiger partial charge in [0.1, 0.15) is 5.76 Å². The van der Waals surface area contributed by atoms with Crippen molar-refractivity contribution in [1.82, 2.24) is 20.0 Å². The van der Waals surface area contributed by atoms with Crippen molar-refractivity contribution in [2.75, 3.05) is 13.1 Å². The number of amides is 1. The lowest BCUT2D eigenvalue weighted by Crippen LogP contribution is -2.40. The summed E-state index contributed by atoms with van der Waals surface area (Å²) in [5, 5.41) is 3.89. The second kappa shape index (κ2) is 6.36. The molecule has 3 rings (SSSR count). The summed E-state index contributed by atoms with van der Waals surface area (Å²) in [5.74, 6) is 0.913. The highest BCUT2D eigenvalue weighted by atomic mass is 16.5. The number of carbonyl (C=O) groups is 1. The Morgan fingerprint density at radius 2 is 2.30 bits per heavy atom. The third kappa shape index (κ3) is 3.33. The zero-order chi connectivity index (χ0) is 16.4. The Morgan fingerprint density at radius 1 is 1.48 bits per heavy atom. The molecule has 1 saturated heterocycles. The van der Waals surface area contributed by atoms with Crippen molar-refractivity contribution >= 4 is 5.91 Å². The van der Waals surface area contributed by atoms with E-state index < -0.39 is 0 Å². The van der Waals surface area contributed by atoms with Gasteiger partial charge in [-0.1, -0.05) is 5.16 Å². The first kappa shape index (κ1) is 15.5. The van der Waals surface area contributed by atoms with Crippen LogP contribution in [0.4, 0.5) is 0 Å². The number of nitrogens with one attached hydrogen (secondary N) is 1. The van der Waals surface area contributed by atoms with E-state index in [2.05, 4.69) is 15.1 Å². The summed E-state index contributed by atoms with van der Waals surface area (Å²) in [7, 11) is 0. The van der Waals surface area contributed by atoms with Crippen LogP contribution >= 0.6 is 0 Å². The summed E-state index contributed by atoms with van der Waals surface area (Å²) >= 11 is 0. The zero-order valence-corrected chi connectivity index (χ0v) is 13.3. The zero-order valence-electron chi connectivity index (χ0n) is 13.3. The third-order valence-corrected chi connectivity index (χ3v) is 4.42. The van der Waals surface area contributed by atoms with Gasteiger partial charge in [0.15, 0.2) is 0 Å². The number of carbonyl (C=O) groups excluding carboxylic acids is 1. The van der Waals surface area contributed by atoms with Crippen LogP contribution in [0.25, 0.3) is 0 Å². The number of rotatable bonds is 3. The van der Waals surface area contributed by atoms with Gasteiger partial charge in [0.05, 0.1) is 12.1 Å². The van der Waals surface area contributed by atoms with Gasteiger partial charge in [-0.3, -0.25) is 4.79 Å². The van der Waals surface area contributed by atoms with Crippen molar-refractivity contribution in [3.63, 3.8) is 0 Å². The SMILES string of the molecule is Cc1noc(C)c1CC(=O)N1CCCC(c2ccnc(=O)[nH]2)C1. The molecule has 2 aromatic rings. The Morgan fingerprint density at radius 3 is 3.00 bits per heavy atom. The van der Waals surface area contributed by atoms with Gasteiger partial charge in [0.25, 0.3) is 0 Å². The van der Waals surface area contributed by atoms with Crippen LogP contribution in [0.15, 0.2) is 21.6 Å². The normalized spacial score (nSPS) is 18.2. The molecule has 1 unspecified atom stereocenters. The Kier molecular flexibility index (Phi) is 4.27. The van der Waals surface area contributed by atoms with E-state index >= 15 is 0 Å². The van der Waals surface area contributed by atoms with Crippen molar-refractivity contribution in [1.29, 1.82) is 0 Å². The third-order valence-electron chi connectivity index (χ3n) is 4.42. The van der Waals surface area contributed by atoms with Crippen LogP contribution in [0.3, 0.4) is 0 Å². The molecule has 1 atom stereocenters. The average Bonchev–Trinajstić information content (AvgIpc) is 2.87. The second-order valence-electron chi connectivity index (χ2n) is 5.99.